The number of hydrogen-bond acceptors (Lipinski definition) is 2. The van der Waals surface area contributed by atoms with Gasteiger partial charge >= 0.3 is 0 Å². The van der Waals surface area contributed by atoms with Crippen LogP contribution in [0.15, 0.2) is 18.2 Å². The minimum atomic E-state index is -0.0477. The highest BCUT2D eigenvalue weighted by Crippen LogP contribution is 2.10. The summed E-state index contributed by atoms with van der Waals surface area (Å²) in [7, 11) is 0. The summed E-state index contributed by atoms with van der Waals surface area (Å²) in [5, 5.41) is 2.80. The number of hydrogen-bond donors (Lipinski definition) is 2. The van der Waals surface area contributed by atoms with Crippen molar-refractivity contribution >= 4 is 5.91 Å². The molecule has 1 aromatic rings. The quantitative estimate of drug-likeness (QED) is 0.785. The van der Waals surface area contributed by atoms with Crippen LogP contribution in [0, 0.1) is 13.8 Å². The smallest absolute Gasteiger partial charge is 0.251 e. The maximum atomic E-state index is 11.8. The first kappa shape index (κ1) is 11.7. The van der Waals surface area contributed by atoms with E-state index in [0.29, 0.717) is 6.54 Å². The number of benzene rings is 1. The molecule has 0 aromatic heterocycles. The number of aryl methyl sites for hydroxylation is 2. The SMILES string of the molecule is Cc1ccc(C)c(C(=O)NCC(C)N)c1. The third kappa shape index (κ3) is 3.36. The molecule has 0 saturated heterocycles. The van der Waals surface area contributed by atoms with Crippen LogP contribution >= 0.6 is 0 Å². The van der Waals surface area contributed by atoms with Crippen molar-refractivity contribution in [2.24, 2.45) is 5.73 Å². The van der Waals surface area contributed by atoms with E-state index >= 15 is 0 Å². The number of nitrogens with one attached hydrogen (secondary N) is 1. The van der Waals surface area contributed by atoms with Crippen LogP contribution in [0.3, 0.4) is 0 Å². The van der Waals surface area contributed by atoms with Gasteiger partial charge in [0.05, 0.1) is 0 Å². The Morgan fingerprint density at radius 3 is 2.73 bits per heavy atom. The number of rotatable bonds is 3. The van der Waals surface area contributed by atoms with Crippen molar-refractivity contribution in [1.29, 1.82) is 0 Å². The van der Waals surface area contributed by atoms with Crippen molar-refractivity contribution in [3.8, 4) is 0 Å². The fraction of sp³-hybridized carbons (Fsp3) is 0.417. The van der Waals surface area contributed by atoms with Crippen LogP contribution < -0.4 is 11.1 Å². The molecule has 0 aliphatic carbocycles. The Morgan fingerprint density at radius 1 is 1.47 bits per heavy atom. The van der Waals surface area contributed by atoms with Gasteiger partial charge in [0, 0.05) is 18.2 Å². The lowest BCUT2D eigenvalue weighted by Gasteiger charge is -2.10. The Balaban J connectivity index is 2.77. The third-order valence-electron chi connectivity index (χ3n) is 2.22. The van der Waals surface area contributed by atoms with Gasteiger partial charge < -0.3 is 11.1 Å². The second-order valence-electron chi connectivity index (χ2n) is 4.01. The van der Waals surface area contributed by atoms with Gasteiger partial charge in [0.25, 0.3) is 5.91 Å². The zero-order valence-electron chi connectivity index (χ0n) is 9.50. The van der Waals surface area contributed by atoms with E-state index in [-0.39, 0.29) is 11.9 Å². The Morgan fingerprint density at radius 2 is 2.13 bits per heavy atom. The summed E-state index contributed by atoms with van der Waals surface area (Å²) in [5.74, 6) is -0.0477. The normalized spacial score (nSPS) is 12.3. The van der Waals surface area contributed by atoms with Gasteiger partial charge in [-0.25, -0.2) is 0 Å². The van der Waals surface area contributed by atoms with Crippen molar-refractivity contribution in [3.05, 3.63) is 34.9 Å². The minimum absolute atomic E-state index is 0.0148. The largest absolute Gasteiger partial charge is 0.350 e. The zero-order chi connectivity index (χ0) is 11.4. The number of carbonyl (C=O) groups is 1. The van der Waals surface area contributed by atoms with Crippen molar-refractivity contribution in [1.82, 2.24) is 5.32 Å². The third-order valence-corrected chi connectivity index (χ3v) is 2.22. The minimum Gasteiger partial charge on any atom is -0.350 e. The van der Waals surface area contributed by atoms with E-state index in [2.05, 4.69) is 5.32 Å². The lowest BCUT2D eigenvalue weighted by atomic mass is 10.1. The Hall–Kier alpha value is -1.35. The lowest BCUT2D eigenvalue weighted by Crippen LogP contribution is -2.35. The van der Waals surface area contributed by atoms with Crippen LogP contribution in [0.1, 0.15) is 28.4 Å². The summed E-state index contributed by atoms with van der Waals surface area (Å²) in [4.78, 5) is 11.8. The maximum Gasteiger partial charge on any atom is 0.251 e. The van der Waals surface area contributed by atoms with Crippen LogP contribution in [0.2, 0.25) is 0 Å². The molecule has 0 radical (unpaired) electrons. The molecule has 0 spiro atoms. The first-order valence-corrected chi connectivity index (χ1v) is 5.11. The summed E-state index contributed by atoms with van der Waals surface area (Å²) in [6.07, 6.45) is 0. The molecule has 0 saturated carbocycles. The number of nitrogens with two attached hydrogens (primary N) is 1. The fourth-order valence-corrected chi connectivity index (χ4v) is 1.33. The van der Waals surface area contributed by atoms with Crippen molar-refractivity contribution in [3.63, 3.8) is 0 Å². The highest BCUT2D eigenvalue weighted by Gasteiger charge is 2.08. The highest BCUT2D eigenvalue weighted by molar-refractivity contribution is 5.95. The van der Waals surface area contributed by atoms with E-state index in [1.54, 1.807) is 0 Å². The zero-order valence-corrected chi connectivity index (χ0v) is 9.50. The summed E-state index contributed by atoms with van der Waals surface area (Å²) >= 11 is 0. The first-order valence-electron chi connectivity index (χ1n) is 5.11. The van der Waals surface area contributed by atoms with Gasteiger partial charge in [-0.1, -0.05) is 17.7 Å². The van der Waals surface area contributed by atoms with E-state index in [0.717, 1.165) is 16.7 Å². The first-order chi connectivity index (χ1) is 7.00. The molecule has 0 bridgehead atoms. The molecule has 3 nitrogen and oxygen atoms in total. The van der Waals surface area contributed by atoms with Gasteiger partial charge in [0.2, 0.25) is 0 Å². The van der Waals surface area contributed by atoms with Crippen LogP contribution in [0.4, 0.5) is 0 Å². The molecular formula is C12H18N2O. The second kappa shape index (κ2) is 4.94. The molecule has 0 aliphatic heterocycles. The van der Waals surface area contributed by atoms with Gasteiger partial charge in [-0.2, -0.15) is 0 Å². The molecule has 1 aromatic carbocycles. The summed E-state index contributed by atoms with van der Waals surface area (Å²) in [6, 6.07) is 5.83. The summed E-state index contributed by atoms with van der Waals surface area (Å²) in [6.45, 7) is 6.28. The molecule has 1 amide bonds. The molecular weight excluding hydrogens is 188 g/mol. The Kier molecular flexibility index (Phi) is 3.86. The predicted octanol–water partition coefficient (Wildman–Crippen LogP) is 1.38. The number of carbonyl (C=O) groups excluding carboxylic acids is 1. The maximum absolute atomic E-state index is 11.8. The fourth-order valence-electron chi connectivity index (χ4n) is 1.33. The summed E-state index contributed by atoms with van der Waals surface area (Å²) < 4.78 is 0. The van der Waals surface area contributed by atoms with Crippen LogP contribution in [-0.2, 0) is 0 Å². The van der Waals surface area contributed by atoms with Gasteiger partial charge in [-0.15, -0.1) is 0 Å². The summed E-state index contributed by atoms with van der Waals surface area (Å²) in [5.41, 5.74) is 8.38. The van der Waals surface area contributed by atoms with E-state index in [4.69, 9.17) is 5.73 Å². The molecule has 1 unspecified atom stereocenters. The molecule has 3 N–H and O–H groups in total. The molecule has 1 rings (SSSR count). The molecule has 1 atom stereocenters. The van der Waals surface area contributed by atoms with Gasteiger partial charge in [-0.3, -0.25) is 4.79 Å². The average molecular weight is 206 g/mol. The predicted molar refractivity (Wildman–Crippen MR) is 61.9 cm³/mol. The molecule has 15 heavy (non-hydrogen) atoms. The standard InChI is InChI=1S/C12H18N2O/c1-8-4-5-9(2)11(6-8)12(15)14-7-10(3)13/h4-6,10H,7,13H2,1-3H3,(H,14,15). The van der Waals surface area contributed by atoms with E-state index in [1.165, 1.54) is 0 Å². The van der Waals surface area contributed by atoms with Crippen LogP contribution in [0.5, 0.6) is 0 Å². The molecule has 82 valence electrons. The molecule has 0 heterocycles. The van der Waals surface area contributed by atoms with E-state index < -0.39 is 0 Å². The topological polar surface area (TPSA) is 55.1 Å². The molecule has 0 aliphatic rings. The number of amides is 1. The Bertz CT molecular complexity index is 359. The van der Waals surface area contributed by atoms with Crippen molar-refractivity contribution in [2.75, 3.05) is 6.54 Å². The van der Waals surface area contributed by atoms with E-state index in [9.17, 15) is 4.79 Å². The monoisotopic (exact) mass is 206 g/mol. The van der Waals surface area contributed by atoms with Gasteiger partial charge in [0.15, 0.2) is 0 Å². The van der Waals surface area contributed by atoms with E-state index in [1.807, 2.05) is 39.0 Å². The van der Waals surface area contributed by atoms with Gasteiger partial charge in [0.1, 0.15) is 0 Å². The van der Waals surface area contributed by atoms with Crippen molar-refractivity contribution in [2.45, 2.75) is 26.8 Å². The van der Waals surface area contributed by atoms with Gasteiger partial charge in [-0.05, 0) is 32.4 Å². The average Bonchev–Trinajstić information content (AvgIpc) is 2.18. The molecule has 3 heteroatoms. The van der Waals surface area contributed by atoms with Crippen LogP contribution in [0.25, 0.3) is 0 Å². The van der Waals surface area contributed by atoms with Crippen LogP contribution in [-0.4, -0.2) is 18.5 Å². The highest BCUT2D eigenvalue weighted by atomic mass is 16.1. The van der Waals surface area contributed by atoms with Crippen molar-refractivity contribution < 1.29 is 4.79 Å². The molecule has 0 fully saturated rings. The Labute approximate surface area is 90.7 Å². The second-order valence-corrected chi connectivity index (χ2v) is 4.01. The lowest BCUT2D eigenvalue weighted by molar-refractivity contribution is 0.0951.